The van der Waals surface area contributed by atoms with Crippen molar-refractivity contribution < 1.29 is 9.53 Å². The van der Waals surface area contributed by atoms with Crippen molar-refractivity contribution in [2.45, 2.75) is 13.3 Å². The van der Waals surface area contributed by atoms with Gasteiger partial charge in [-0.05, 0) is 30.2 Å². The number of rotatable bonds is 6. The Morgan fingerprint density at radius 3 is 2.79 bits per heavy atom. The lowest BCUT2D eigenvalue weighted by Gasteiger charge is -2.09. The molecule has 7 nitrogen and oxygen atoms in total. The lowest BCUT2D eigenvalue weighted by Crippen LogP contribution is -2.21. The van der Waals surface area contributed by atoms with Gasteiger partial charge < -0.3 is 9.72 Å². The highest BCUT2D eigenvalue weighted by molar-refractivity contribution is 5.90. The maximum Gasteiger partial charge on any atom is 0.264 e. The van der Waals surface area contributed by atoms with Crippen LogP contribution in [0.3, 0.4) is 0 Å². The van der Waals surface area contributed by atoms with E-state index in [0.717, 1.165) is 12.0 Å². The number of hydrogen-bond acceptors (Lipinski definition) is 5. The van der Waals surface area contributed by atoms with E-state index in [4.69, 9.17) is 4.74 Å². The van der Waals surface area contributed by atoms with Gasteiger partial charge in [-0.3, -0.25) is 15.1 Å². The van der Waals surface area contributed by atoms with Crippen molar-refractivity contribution in [3.05, 3.63) is 54.2 Å². The third-order valence-corrected chi connectivity index (χ3v) is 3.36. The number of H-pyrrole nitrogens is 1. The fourth-order valence-electron chi connectivity index (χ4n) is 2.18. The number of amides is 1. The van der Waals surface area contributed by atoms with E-state index in [1.165, 1.54) is 0 Å². The van der Waals surface area contributed by atoms with Gasteiger partial charge in [-0.1, -0.05) is 31.2 Å². The molecule has 1 amide bonds. The highest BCUT2D eigenvalue weighted by Gasteiger charge is 2.10. The van der Waals surface area contributed by atoms with Crippen LogP contribution in [0.15, 0.2) is 48.7 Å². The molecular weight excluding hydrogens is 306 g/mol. The molecule has 0 atom stereocenters. The van der Waals surface area contributed by atoms with Crippen molar-refractivity contribution in [1.82, 2.24) is 20.2 Å². The van der Waals surface area contributed by atoms with Gasteiger partial charge in [0.1, 0.15) is 11.4 Å². The molecule has 7 heteroatoms. The second-order valence-corrected chi connectivity index (χ2v) is 5.04. The number of anilines is 1. The zero-order valence-electron chi connectivity index (χ0n) is 13.2. The highest BCUT2D eigenvalue weighted by atomic mass is 16.5. The Kier molecular flexibility index (Phi) is 4.81. The van der Waals surface area contributed by atoms with Crippen LogP contribution in [0, 0.1) is 0 Å². The molecule has 0 spiro atoms. The van der Waals surface area contributed by atoms with Gasteiger partial charge in [-0.2, -0.15) is 0 Å². The summed E-state index contributed by atoms with van der Waals surface area (Å²) in [4.78, 5) is 19.1. The first kappa shape index (κ1) is 15.7. The van der Waals surface area contributed by atoms with E-state index in [9.17, 15) is 4.79 Å². The lowest BCUT2D eigenvalue weighted by molar-refractivity contribution is -0.118. The first-order chi connectivity index (χ1) is 11.8. The summed E-state index contributed by atoms with van der Waals surface area (Å²) in [6.07, 6.45) is 2.50. The fraction of sp³-hybridized carbons (Fsp3) is 0.176. The molecule has 0 radical (unpaired) electrons. The third-order valence-electron chi connectivity index (χ3n) is 3.36. The molecule has 0 unspecified atom stereocenters. The number of nitrogens with zero attached hydrogens (tertiary/aromatic N) is 3. The summed E-state index contributed by atoms with van der Waals surface area (Å²) in [7, 11) is 0. The zero-order chi connectivity index (χ0) is 16.8. The maximum absolute atomic E-state index is 12.0. The van der Waals surface area contributed by atoms with Crippen molar-refractivity contribution in [2.75, 3.05) is 11.9 Å². The molecule has 0 aliphatic carbocycles. The number of pyridine rings is 1. The third kappa shape index (κ3) is 3.75. The second kappa shape index (κ2) is 7.36. The van der Waals surface area contributed by atoms with Crippen LogP contribution in [0.1, 0.15) is 12.5 Å². The van der Waals surface area contributed by atoms with Crippen LogP contribution in [0.2, 0.25) is 0 Å². The van der Waals surface area contributed by atoms with Crippen LogP contribution in [-0.4, -0.2) is 32.7 Å². The van der Waals surface area contributed by atoms with Crippen molar-refractivity contribution in [2.24, 2.45) is 0 Å². The lowest BCUT2D eigenvalue weighted by atomic mass is 10.1. The zero-order valence-corrected chi connectivity index (χ0v) is 13.2. The largest absolute Gasteiger partial charge is 0.483 e. The monoisotopic (exact) mass is 323 g/mol. The van der Waals surface area contributed by atoms with Gasteiger partial charge in [-0.15, -0.1) is 10.2 Å². The predicted molar refractivity (Wildman–Crippen MR) is 89.6 cm³/mol. The van der Waals surface area contributed by atoms with Crippen LogP contribution in [0.25, 0.3) is 11.5 Å². The first-order valence-corrected chi connectivity index (χ1v) is 7.61. The maximum atomic E-state index is 12.0. The quantitative estimate of drug-likeness (QED) is 0.727. The minimum Gasteiger partial charge on any atom is -0.483 e. The van der Waals surface area contributed by atoms with Crippen molar-refractivity contribution >= 4 is 11.9 Å². The van der Waals surface area contributed by atoms with Gasteiger partial charge in [0.15, 0.2) is 12.4 Å². The summed E-state index contributed by atoms with van der Waals surface area (Å²) < 4.78 is 5.57. The molecular formula is C17H17N5O2. The van der Waals surface area contributed by atoms with Gasteiger partial charge in [0, 0.05) is 6.20 Å². The van der Waals surface area contributed by atoms with Crippen LogP contribution in [-0.2, 0) is 11.2 Å². The minimum atomic E-state index is -0.315. The molecule has 0 saturated carbocycles. The molecule has 0 bridgehead atoms. The van der Waals surface area contributed by atoms with E-state index in [1.807, 2.05) is 43.3 Å². The Bertz CT molecular complexity index is 817. The number of carbonyl (C=O) groups is 1. The summed E-state index contributed by atoms with van der Waals surface area (Å²) in [5.41, 5.74) is 1.71. The van der Waals surface area contributed by atoms with E-state index in [1.54, 1.807) is 12.3 Å². The van der Waals surface area contributed by atoms with Gasteiger partial charge >= 0.3 is 0 Å². The number of para-hydroxylation sites is 1. The average molecular weight is 323 g/mol. The molecule has 2 heterocycles. The molecule has 0 saturated heterocycles. The number of aryl methyl sites for hydroxylation is 1. The highest BCUT2D eigenvalue weighted by Crippen LogP contribution is 2.18. The minimum absolute atomic E-state index is 0.101. The summed E-state index contributed by atoms with van der Waals surface area (Å²) >= 11 is 0. The standard InChI is InChI=1S/C17H17N5O2/c1-2-12-7-3-4-9-14(12)24-11-15(23)19-17-20-16(21-22-17)13-8-5-6-10-18-13/h3-10H,2,11H2,1H3,(H2,19,20,21,22,23). The van der Waals surface area contributed by atoms with Gasteiger partial charge in [-0.25, -0.2) is 0 Å². The molecule has 2 aromatic heterocycles. The topological polar surface area (TPSA) is 92.8 Å². The number of carbonyl (C=O) groups excluding carboxylic acids is 1. The fourth-order valence-corrected chi connectivity index (χ4v) is 2.18. The van der Waals surface area contributed by atoms with Crippen molar-refractivity contribution in [3.8, 4) is 17.3 Å². The van der Waals surface area contributed by atoms with Crippen LogP contribution in [0.5, 0.6) is 5.75 Å². The number of ether oxygens (including phenoxy) is 1. The summed E-state index contributed by atoms with van der Waals surface area (Å²) in [5.74, 6) is 1.14. The molecule has 0 aliphatic heterocycles. The van der Waals surface area contributed by atoms with Crippen LogP contribution >= 0.6 is 0 Å². The normalized spacial score (nSPS) is 10.4. The van der Waals surface area contributed by atoms with Crippen LogP contribution in [0.4, 0.5) is 5.95 Å². The number of hydrogen-bond donors (Lipinski definition) is 2. The van der Waals surface area contributed by atoms with E-state index in [-0.39, 0.29) is 18.5 Å². The molecule has 2 N–H and O–H groups in total. The molecule has 24 heavy (non-hydrogen) atoms. The van der Waals surface area contributed by atoms with Crippen molar-refractivity contribution in [1.29, 1.82) is 0 Å². The second-order valence-electron chi connectivity index (χ2n) is 5.04. The summed E-state index contributed by atoms with van der Waals surface area (Å²) in [6, 6.07) is 13.1. The SMILES string of the molecule is CCc1ccccc1OCC(=O)Nc1nnc(-c2ccccn2)[nH]1. The number of aromatic amines is 1. The number of nitrogens with one attached hydrogen (secondary N) is 2. The predicted octanol–water partition coefficient (Wildman–Crippen LogP) is 2.45. The van der Waals surface area contributed by atoms with E-state index < -0.39 is 0 Å². The van der Waals surface area contributed by atoms with Crippen LogP contribution < -0.4 is 10.1 Å². The van der Waals surface area contributed by atoms with E-state index in [2.05, 4.69) is 25.5 Å². The number of benzene rings is 1. The smallest absolute Gasteiger partial charge is 0.264 e. The Hall–Kier alpha value is -3.22. The van der Waals surface area contributed by atoms with Gasteiger partial charge in [0.2, 0.25) is 5.95 Å². The number of aromatic nitrogens is 4. The van der Waals surface area contributed by atoms with E-state index >= 15 is 0 Å². The summed E-state index contributed by atoms with van der Waals surface area (Å²) in [6.45, 7) is 1.94. The molecule has 0 aliphatic rings. The Labute approximate surface area is 139 Å². The molecule has 3 rings (SSSR count). The van der Waals surface area contributed by atoms with Gasteiger partial charge in [0.25, 0.3) is 5.91 Å². The van der Waals surface area contributed by atoms with E-state index in [0.29, 0.717) is 17.3 Å². The molecule has 3 aromatic rings. The Balaban J connectivity index is 1.58. The average Bonchev–Trinajstić information content (AvgIpc) is 3.09. The Morgan fingerprint density at radius 1 is 1.17 bits per heavy atom. The first-order valence-electron chi connectivity index (χ1n) is 7.61. The molecule has 122 valence electrons. The molecule has 1 aromatic carbocycles. The Morgan fingerprint density at radius 2 is 2.00 bits per heavy atom. The molecule has 0 fully saturated rings. The van der Waals surface area contributed by atoms with Gasteiger partial charge in [0.05, 0.1) is 0 Å². The summed E-state index contributed by atoms with van der Waals surface area (Å²) in [5, 5.41) is 10.5. The van der Waals surface area contributed by atoms with Crippen molar-refractivity contribution in [3.63, 3.8) is 0 Å².